The summed E-state index contributed by atoms with van der Waals surface area (Å²) in [5, 5.41) is 3.28. The molecule has 0 radical (unpaired) electrons. The molecule has 11 nitrogen and oxygen atoms in total. The van der Waals surface area contributed by atoms with Gasteiger partial charge in [-0.3, -0.25) is 14.2 Å². The number of rotatable bonds is 7. The highest BCUT2D eigenvalue weighted by Crippen LogP contribution is 2.32. The number of piperazine rings is 1. The van der Waals surface area contributed by atoms with Gasteiger partial charge in [0.1, 0.15) is 17.3 Å². The Hall–Kier alpha value is -3.86. The quantitative estimate of drug-likeness (QED) is 0.478. The van der Waals surface area contributed by atoms with Crippen LogP contribution in [0.4, 0.5) is 5.82 Å². The Labute approximate surface area is 213 Å². The van der Waals surface area contributed by atoms with Gasteiger partial charge in [-0.1, -0.05) is 17.7 Å². The lowest BCUT2D eigenvalue weighted by Crippen LogP contribution is -2.56. The molecule has 2 aliphatic heterocycles. The molecule has 1 saturated heterocycles. The zero-order valence-electron chi connectivity index (χ0n) is 19.8. The summed E-state index contributed by atoms with van der Waals surface area (Å²) in [4.78, 5) is 41.7. The maximum atomic E-state index is 12.9. The minimum Gasteiger partial charge on any atom is -0.454 e. The van der Waals surface area contributed by atoms with E-state index in [4.69, 9.17) is 21.1 Å². The zero-order valence-corrected chi connectivity index (χ0v) is 20.5. The molecule has 3 aromatic rings. The summed E-state index contributed by atoms with van der Waals surface area (Å²) in [7, 11) is 0. The molecule has 0 spiro atoms. The van der Waals surface area contributed by atoms with Gasteiger partial charge in [0.2, 0.25) is 24.6 Å². The van der Waals surface area contributed by atoms with E-state index < -0.39 is 0 Å². The average molecular weight is 512 g/mol. The molecule has 1 N–H and O–H groups in total. The van der Waals surface area contributed by atoms with Crippen molar-refractivity contribution in [1.29, 1.82) is 0 Å². The van der Waals surface area contributed by atoms with Gasteiger partial charge in [-0.25, -0.2) is 9.97 Å². The predicted octanol–water partition coefficient (Wildman–Crippen LogP) is 1.83. The fourth-order valence-electron chi connectivity index (χ4n) is 4.38. The largest absolute Gasteiger partial charge is 0.454 e. The van der Waals surface area contributed by atoms with Crippen molar-refractivity contribution < 1.29 is 19.1 Å². The first kappa shape index (κ1) is 23.9. The molecule has 0 bridgehead atoms. The van der Waals surface area contributed by atoms with E-state index in [2.05, 4.69) is 20.3 Å². The van der Waals surface area contributed by atoms with Crippen LogP contribution in [-0.4, -0.2) is 75.2 Å². The molecule has 0 saturated carbocycles. The fraction of sp³-hybridized carbons (Fsp3) is 0.375. The minimum atomic E-state index is -0.269. The van der Waals surface area contributed by atoms with Crippen LogP contribution in [0.1, 0.15) is 18.9 Å². The molecule has 1 aromatic carbocycles. The minimum absolute atomic E-state index is 0.0253. The lowest BCUT2D eigenvalue weighted by molar-refractivity contribution is -0.130. The highest BCUT2D eigenvalue weighted by Gasteiger charge is 2.31. The number of ether oxygens (including phenoxy) is 2. The molecule has 1 fully saturated rings. The summed E-state index contributed by atoms with van der Waals surface area (Å²) < 4.78 is 12.4. The molecule has 5 rings (SSSR count). The maximum absolute atomic E-state index is 12.9. The predicted molar refractivity (Wildman–Crippen MR) is 131 cm³/mol. The van der Waals surface area contributed by atoms with Gasteiger partial charge in [-0.2, -0.15) is 4.98 Å². The van der Waals surface area contributed by atoms with E-state index >= 15 is 0 Å². The van der Waals surface area contributed by atoms with Crippen LogP contribution >= 0.6 is 11.6 Å². The molecule has 2 aliphatic rings. The van der Waals surface area contributed by atoms with E-state index in [0.29, 0.717) is 44.4 Å². The summed E-state index contributed by atoms with van der Waals surface area (Å²) in [6.07, 6.45) is 5.81. The standard InChI is InChI=1S/C24H26ClN7O4/c1-16(33)30-8-9-32(22-12-21(25)28-24(29-22)31-7-6-26-14-31)18(13-30)11-23(34)27-5-4-17-2-3-19-20(10-17)36-15-35-19/h2-3,6-7,10,12,14,18H,4-5,8-9,11,13,15H2,1H3,(H,27,34). The Morgan fingerprint density at radius 1 is 1.17 bits per heavy atom. The van der Waals surface area contributed by atoms with Gasteiger partial charge in [-0.15, -0.1) is 0 Å². The summed E-state index contributed by atoms with van der Waals surface area (Å²) in [6, 6.07) is 7.18. The third-order valence-electron chi connectivity index (χ3n) is 6.22. The number of halogens is 1. The van der Waals surface area contributed by atoms with E-state index in [0.717, 1.165) is 17.1 Å². The zero-order chi connectivity index (χ0) is 25.1. The van der Waals surface area contributed by atoms with Gasteiger partial charge in [-0.05, 0) is 24.1 Å². The van der Waals surface area contributed by atoms with Gasteiger partial charge >= 0.3 is 0 Å². The highest BCUT2D eigenvalue weighted by molar-refractivity contribution is 6.29. The number of nitrogens with one attached hydrogen (secondary N) is 1. The van der Waals surface area contributed by atoms with Crippen LogP contribution in [0, 0.1) is 0 Å². The van der Waals surface area contributed by atoms with Crippen molar-refractivity contribution in [3.63, 3.8) is 0 Å². The second kappa shape index (κ2) is 10.4. The SMILES string of the molecule is CC(=O)N1CCN(c2cc(Cl)nc(-n3ccnc3)n2)C(CC(=O)NCCc2ccc3c(c2)OCO3)C1. The number of fused-ring (bicyclic) bond motifs is 1. The second-order valence-electron chi connectivity index (χ2n) is 8.62. The Kier molecular flexibility index (Phi) is 6.90. The van der Waals surface area contributed by atoms with Crippen LogP contribution < -0.4 is 19.7 Å². The van der Waals surface area contributed by atoms with Crippen LogP contribution in [0.25, 0.3) is 5.95 Å². The van der Waals surface area contributed by atoms with E-state index in [9.17, 15) is 9.59 Å². The van der Waals surface area contributed by atoms with Crippen molar-refractivity contribution in [2.75, 3.05) is 37.9 Å². The van der Waals surface area contributed by atoms with Crippen molar-refractivity contribution in [3.8, 4) is 17.4 Å². The van der Waals surface area contributed by atoms with Gasteiger partial charge < -0.3 is 24.6 Å². The normalized spacial score (nSPS) is 16.8. The number of amides is 2. The van der Waals surface area contributed by atoms with Gasteiger partial charge in [0.05, 0.1) is 6.04 Å². The summed E-state index contributed by atoms with van der Waals surface area (Å²) in [5.41, 5.74) is 1.05. The molecular weight excluding hydrogens is 486 g/mol. The summed E-state index contributed by atoms with van der Waals surface area (Å²) in [6.45, 7) is 3.70. The Bertz CT molecular complexity index is 1250. The smallest absolute Gasteiger partial charge is 0.238 e. The first-order chi connectivity index (χ1) is 17.5. The van der Waals surface area contributed by atoms with Crippen LogP contribution in [0.5, 0.6) is 11.5 Å². The van der Waals surface area contributed by atoms with Gasteiger partial charge in [0.15, 0.2) is 11.5 Å². The number of hydrogen-bond acceptors (Lipinski definition) is 8. The maximum Gasteiger partial charge on any atom is 0.238 e. The molecule has 12 heteroatoms. The molecule has 1 atom stereocenters. The van der Waals surface area contributed by atoms with Gasteiger partial charge in [0, 0.05) is 58.0 Å². The number of anilines is 1. The monoisotopic (exact) mass is 511 g/mol. The fourth-order valence-corrected chi connectivity index (χ4v) is 4.55. The number of hydrogen-bond donors (Lipinski definition) is 1. The van der Waals surface area contributed by atoms with E-state index in [1.807, 2.05) is 23.1 Å². The molecule has 0 aliphatic carbocycles. The van der Waals surface area contributed by atoms with Crippen LogP contribution in [0.2, 0.25) is 5.15 Å². The topological polar surface area (TPSA) is 115 Å². The average Bonchev–Trinajstić information content (AvgIpc) is 3.56. The first-order valence-electron chi connectivity index (χ1n) is 11.7. The van der Waals surface area contributed by atoms with Crippen LogP contribution in [0.15, 0.2) is 43.0 Å². The number of aromatic nitrogens is 4. The lowest BCUT2D eigenvalue weighted by atomic mass is 10.1. The second-order valence-corrected chi connectivity index (χ2v) is 9.01. The molecule has 2 aromatic heterocycles. The van der Waals surface area contributed by atoms with Crippen molar-refractivity contribution >= 4 is 29.2 Å². The number of carbonyl (C=O) groups is 2. The molecular formula is C24H26ClN7O4. The Morgan fingerprint density at radius 2 is 2.03 bits per heavy atom. The third-order valence-corrected chi connectivity index (χ3v) is 6.41. The van der Waals surface area contributed by atoms with E-state index in [1.54, 1.807) is 34.3 Å². The molecule has 2 amide bonds. The third kappa shape index (κ3) is 5.35. The number of carbonyl (C=O) groups excluding carboxylic acids is 2. The van der Waals surface area contributed by atoms with Crippen molar-refractivity contribution in [2.45, 2.75) is 25.8 Å². The number of imidazole rings is 1. The van der Waals surface area contributed by atoms with Crippen molar-refractivity contribution in [1.82, 2.24) is 29.7 Å². The van der Waals surface area contributed by atoms with Crippen LogP contribution in [0.3, 0.4) is 0 Å². The molecule has 188 valence electrons. The Balaban J connectivity index is 1.26. The summed E-state index contributed by atoms with van der Waals surface area (Å²) >= 11 is 6.31. The van der Waals surface area contributed by atoms with E-state index in [-0.39, 0.29) is 36.2 Å². The molecule has 36 heavy (non-hydrogen) atoms. The Morgan fingerprint density at radius 3 is 2.83 bits per heavy atom. The van der Waals surface area contributed by atoms with Crippen LogP contribution in [-0.2, 0) is 16.0 Å². The highest BCUT2D eigenvalue weighted by atomic mass is 35.5. The summed E-state index contributed by atoms with van der Waals surface area (Å²) in [5.74, 6) is 2.31. The first-order valence-corrected chi connectivity index (χ1v) is 12.0. The number of benzene rings is 1. The van der Waals surface area contributed by atoms with Gasteiger partial charge in [0.25, 0.3) is 0 Å². The van der Waals surface area contributed by atoms with Crippen molar-refractivity contribution in [2.24, 2.45) is 0 Å². The van der Waals surface area contributed by atoms with Crippen molar-refractivity contribution in [3.05, 3.63) is 53.7 Å². The van der Waals surface area contributed by atoms with E-state index in [1.165, 1.54) is 6.92 Å². The number of nitrogens with zero attached hydrogens (tertiary/aromatic N) is 6. The lowest BCUT2D eigenvalue weighted by Gasteiger charge is -2.41. The molecule has 4 heterocycles. The molecule has 1 unspecified atom stereocenters.